The van der Waals surface area contributed by atoms with Crippen molar-refractivity contribution in [3.05, 3.63) is 0 Å². The van der Waals surface area contributed by atoms with Crippen LogP contribution >= 0.6 is 0 Å². The van der Waals surface area contributed by atoms with Gasteiger partial charge < -0.3 is 10.6 Å². The summed E-state index contributed by atoms with van der Waals surface area (Å²) >= 11 is 0. The van der Waals surface area contributed by atoms with Crippen molar-refractivity contribution in [2.24, 2.45) is 5.92 Å². The summed E-state index contributed by atoms with van der Waals surface area (Å²) in [5.74, 6) is -1.79. The maximum Gasteiger partial charge on any atom is 0.471 e. The van der Waals surface area contributed by atoms with Crippen LogP contribution in [0.5, 0.6) is 0 Å². The van der Waals surface area contributed by atoms with Gasteiger partial charge in [0.1, 0.15) is 0 Å². The predicted molar refractivity (Wildman–Crippen MR) is 49.2 cm³/mol. The highest BCUT2D eigenvalue weighted by Crippen LogP contribution is 2.20. The molecule has 1 rings (SSSR count). The molecule has 0 spiro atoms. The van der Waals surface area contributed by atoms with E-state index in [1.807, 2.05) is 12.2 Å². The monoisotopic (exact) mass is 224 g/mol. The number of nitrogens with one attached hydrogen (secondary N) is 2. The molecule has 1 aliphatic heterocycles. The maximum absolute atomic E-state index is 12.0. The Kier molecular flexibility index (Phi) is 3.59. The Morgan fingerprint density at radius 2 is 2.00 bits per heavy atom. The Balaban J connectivity index is 2.59. The predicted octanol–water partition coefficient (Wildman–Crippen LogP) is 1.05. The van der Waals surface area contributed by atoms with E-state index in [2.05, 4.69) is 5.32 Å². The molecule has 0 radical (unpaired) electrons. The number of carbonyl (C=O) groups is 1. The van der Waals surface area contributed by atoms with E-state index in [9.17, 15) is 18.0 Å². The molecule has 3 atom stereocenters. The van der Waals surface area contributed by atoms with Gasteiger partial charge in [-0.05, 0) is 25.8 Å². The molecule has 1 heterocycles. The smallest absolute Gasteiger partial charge is 0.344 e. The van der Waals surface area contributed by atoms with Crippen molar-refractivity contribution in [3.63, 3.8) is 0 Å². The third kappa shape index (κ3) is 3.09. The highest BCUT2D eigenvalue weighted by molar-refractivity contribution is 5.82. The lowest BCUT2D eigenvalue weighted by molar-refractivity contribution is -0.175. The Labute approximate surface area is 86.4 Å². The molecule has 6 heteroatoms. The summed E-state index contributed by atoms with van der Waals surface area (Å²) in [6.45, 7) is 4.40. The Morgan fingerprint density at radius 3 is 2.47 bits per heavy atom. The van der Waals surface area contributed by atoms with Crippen molar-refractivity contribution >= 4 is 5.91 Å². The van der Waals surface area contributed by atoms with Gasteiger partial charge in [0.25, 0.3) is 0 Å². The van der Waals surface area contributed by atoms with Crippen LogP contribution in [0.3, 0.4) is 0 Å². The number of carbonyl (C=O) groups excluding carboxylic acids is 1. The van der Waals surface area contributed by atoms with Gasteiger partial charge in [-0.1, -0.05) is 6.92 Å². The lowest BCUT2D eigenvalue weighted by Crippen LogP contribution is -2.58. The Hall–Kier alpha value is -0.780. The average molecular weight is 224 g/mol. The zero-order valence-electron chi connectivity index (χ0n) is 8.69. The van der Waals surface area contributed by atoms with Gasteiger partial charge in [0.2, 0.25) is 0 Å². The molecule has 88 valence electrons. The number of alkyl halides is 3. The lowest BCUT2D eigenvalue weighted by Gasteiger charge is -2.36. The van der Waals surface area contributed by atoms with Gasteiger partial charge >= 0.3 is 12.1 Å². The van der Waals surface area contributed by atoms with Gasteiger partial charge in [-0.15, -0.1) is 0 Å². The zero-order chi connectivity index (χ0) is 11.6. The van der Waals surface area contributed by atoms with Crippen LogP contribution in [0.1, 0.15) is 20.3 Å². The molecule has 1 amide bonds. The molecule has 3 nitrogen and oxygen atoms in total. The van der Waals surface area contributed by atoms with Crippen molar-refractivity contribution in [1.29, 1.82) is 0 Å². The summed E-state index contributed by atoms with van der Waals surface area (Å²) in [6, 6.07) is -0.576. The molecule has 0 aliphatic carbocycles. The largest absolute Gasteiger partial charge is 0.471 e. The van der Waals surface area contributed by atoms with Crippen molar-refractivity contribution in [3.8, 4) is 0 Å². The van der Waals surface area contributed by atoms with Crippen molar-refractivity contribution in [2.45, 2.75) is 38.5 Å². The summed E-state index contributed by atoms with van der Waals surface area (Å²) < 4.78 is 36.1. The van der Waals surface area contributed by atoms with Gasteiger partial charge in [0.15, 0.2) is 0 Å². The molecule has 0 aromatic heterocycles. The van der Waals surface area contributed by atoms with E-state index in [4.69, 9.17) is 0 Å². The minimum atomic E-state index is -4.79. The van der Waals surface area contributed by atoms with Crippen LogP contribution in [-0.4, -0.2) is 30.7 Å². The van der Waals surface area contributed by atoms with Gasteiger partial charge in [-0.2, -0.15) is 13.2 Å². The van der Waals surface area contributed by atoms with E-state index >= 15 is 0 Å². The minimum absolute atomic E-state index is 0.0625. The molecule has 2 N–H and O–H groups in total. The fourth-order valence-corrected chi connectivity index (χ4v) is 1.84. The van der Waals surface area contributed by atoms with E-state index in [-0.39, 0.29) is 12.0 Å². The number of piperidine rings is 1. The van der Waals surface area contributed by atoms with Crippen LogP contribution in [0.4, 0.5) is 13.2 Å². The third-order valence-electron chi connectivity index (χ3n) is 2.77. The van der Waals surface area contributed by atoms with Gasteiger partial charge in [-0.25, -0.2) is 0 Å². The number of hydrogen-bond donors (Lipinski definition) is 2. The highest BCUT2D eigenvalue weighted by Gasteiger charge is 2.41. The summed E-state index contributed by atoms with van der Waals surface area (Å²) in [5, 5.41) is 5.07. The molecule has 0 bridgehead atoms. The lowest BCUT2D eigenvalue weighted by atomic mass is 9.89. The molecule has 0 aromatic carbocycles. The molecule has 0 saturated carbocycles. The Bertz CT molecular complexity index is 232. The SMILES string of the molecule is CC1CCNC(C)C1NC(=O)C(F)(F)F. The Morgan fingerprint density at radius 1 is 1.40 bits per heavy atom. The molecule has 1 fully saturated rings. The molecule has 0 aromatic rings. The quantitative estimate of drug-likeness (QED) is 0.699. The van der Waals surface area contributed by atoms with Crippen LogP contribution in [0, 0.1) is 5.92 Å². The second-order valence-corrected chi connectivity index (χ2v) is 4.01. The van der Waals surface area contributed by atoms with Crippen LogP contribution in [0.15, 0.2) is 0 Å². The van der Waals surface area contributed by atoms with Gasteiger partial charge in [-0.3, -0.25) is 4.79 Å². The normalized spacial score (nSPS) is 32.5. The number of rotatable bonds is 1. The zero-order valence-corrected chi connectivity index (χ0v) is 8.69. The first-order valence-corrected chi connectivity index (χ1v) is 4.93. The number of amides is 1. The topological polar surface area (TPSA) is 41.1 Å². The fourth-order valence-electron chi connectivity index (χ4n) is 1.84. The molecular formula is C9H15F3N2O. The average Bonchev–Trinajstić information content (AvgIpc) is 2.09. The van der Waals surface area contributed by atoms with Crippen LogP contribution in [-0.2, 0) is 4.79 Å². The summed E-state index contributed by atoms with van der Waals surface area (Å²) in [6.07, 6.45) is -4.02. The fraction of sp³-hybridized carbons (Fsp3) is 0.889. The first-order valence-electron chi connectivity index (χ1n) is 4.93. The van der Waals surface area contributed by atoms with E-state index in [1.54, 1.807) is 6.92 Å². The first kappa shape index (κ1) is 12.3. The molecule has 3 unspecified atom stereocenters. The van der Waals surface area contributed by atoms with Gasteiger partial charge in [0.05, 0.1) is 0 Å². The van der Waals surface area contributed by atoms with E-state index in [0.29, 0.717) is 0 Å². The number of hydrogen-bond acceptors (Lipinski definition) is 2. The molecular weight excluding hydrogens is 209 g/mol. The first-order chi connectivity index (χ1) is 6.82. The van der Waals surface area contributed by atoms with E-state index in [0.717, 1.165) is 13.0 Å². The minimum Gasteiger partial charge on any atom is -0.344 e. The second-order valence-electron chi connectivity index (χ2n) is 4.01. The number of halogens is 3. The highest BCUT2D eigenvalue weighted by atomic mass is 19.4. The van der Waals surface area contributed by atoms with Crippen molar-refractivity contribution in [2.75, 3.05) is 6.54 Å². The standard InChI is InChI=1S/C9H15F3N2O/c1-5-3-4-13-6(2)7(5)14-8(15)9(10,11)12/h5-7,13H,3-4H2,1-2H3,(H,14,15). The summed E-state index contributed by atoms with van der Waals surface area (Å²) in [5.41, 5.74) is 0. The van der Waals surface area contributed by atoms with Crippen molar-refractivity contribution in [1.82, 2.24) is 10.6 Å². The van der Waals surface area contributed by atoms with Gasteiger partial charge in [0, 0.05) is 12.1 Å². The molecule has 1 saturated heterocycles. The summed E-state index contributed by atoms with van der Waals surface area (Å²) in [4.78, 5) is 10.8. The molecule has 15 heavy (non-hydrogen) atoms. The van der Waals surface area contributed by atoms with Crippen molar-refractivity contribution < 1.29 is 18.0 Å². The van der Waals surface area contributed by atoms with Crippen LogP contribution in [0.25, 0.3) is 0 Å². The second kappa shape index (κ2) is 4.38. The van der Waals surface area contributed by atoms with E-state index in [1.165, 1.54) is 0 Å². The van der Waals surface area contributed by atoms with Crippen LogP contribution < -0.4 is 10.6 Å². The molecule has 1 aliphatic rings. The summed E-state index contributed by atoms with van der Waals surface area (Å²) in [7, 11) is 0. The maximum atomic E-state index is 12.0. The van der Waals surface area contributed by atoms with E-state index < -0.39 is 18.1 Å². The van der Waals surface area contributed by atoms with Crippen LogP contribution in [0.2, 0.25) is 0 Å². The third-order valence-corrected chi connectivity index (χ3v) is 2.77.